The van der Waals surface area contributed by atoms with E-state index in [2.05, 4.69) is 32.1 Å². The van der Waals surface area contributed by atoms with Crippen molar-refractivity contribution in [2.45, 2.75) is 25.8 Å². The van der Waals surface area contributed by atoms with E-state index in [1.165, 1.54) is 0 Å². The monoisotopic (exact) mass is 243 g/mol. The number of nitrogens with two attached hydrogens (primary N) is 1. The molecule has 0 radical (unpaired) electrons. The first-order chi connectivity index (χ1) is 6.15. The summed E-state index contributed by atoms with van der Waals surface area (Å²) in [5.41, 5.74) is 5.41. The van der Waals surface area contributed by atoms with Crippen molar-refractivity contribution in [3.63, 3.8) is 0 Å². The number of aromatic nitrogens is 3. The van der Waals surface area contributed by atoms with Crippen molar-refractivity contribution >= 4 is 21.9 Å². The summed E-state index contributed by atoms with van der Waals surface area (Å²) in [5, 5.41) is 12.4. The zero-order chi connectivity index (χ0) is 9.84. The molecule has 1 unspecified atom stereocenters. The van der Waals surface area contributed by atoms with Crippen molar-refractivity contribution in [1.29, 1.82) is 5.26 Å². The Hall–Kier alpha value is -1.09. The molecular formula is C7H10BrN5. The second kappa shape index (κ2) is 4.23. The molecule has 70 valence electrons. The Kier molecular flexibility index (Phi) is 3.25. The lowest BCUT2D eigenvalue weighted by molar-refractivity contribution is 0.456. The SMILES string of the molecule is CC(CCC#N)n1nc(N)nc1Br. The van der Waals surface area contributed by atoms with Gasteiger partial charge in [0.2, 0.25) is 5.95 Å². The summed E-state index contributed by atoms with van der Waals surface area (Å²) in [6.45, 7) is 1.97. The van der Waals surface area contributed by atoms with Crippen LogP contribution in [0.15, 0.2) is 4.73 Å². The molecule has 1 heterocycles. The second-order valence-corrected chi connectivity index (χ2v) is 3.44. The molecule has 0 aliphatic rings. The van der Waals surface area contributed by atoms with E-state index in [-0.39, 0.29) is 12.0 Å². The number of halogens is 1. The molecule has 0 fully saturated rings. The van der Waals surface area contributed by atoms with E-state index in [0.29, 0.717) is 11.2 Å². The van der Waals surface area contributed by atoms with Crippen LogP contribution in [0.25, 0.3) is 0 Å². The molecule has 1 rings (SSSR count). The number of hydrogen-bond acceptors (Lipinski definition) is 4. The van der Waals surface area contributed by atoms with E-state index in [0.717, 1.165) is 6.42 Å². The van der Waals surface area contributed by atoms with Crippen LogP contribution in [-0.4, -0.2) is 14.8 Å². The molecule has 0 aromatic carbocycles. The fraction of sp³-hybridized carbons (Fsp3) is 0.571. The Bertz CT molecular complexity index is 326. The summed E-state index contributed by atoms with van der Waals surface area (Å²) < 4.78 is 2.28. The predicted octanol–water partition coefficient (Wildman–Crippen LogP) is 1.49. The van der Waals surface area contributed by atoms with E-state index >= 15 is 0 Å². The highest BCUT2D eigenvalue weighted by Gasteiger charge is 2.11. The maximum Gasteiger partial charge on any atom is 0.240 e. The van der Waals surface area contributed by atoms with Crippen molar-refractivity contribution in [3.05, 3.63) is 4.73 Å². The zero-order valence-electron chi connectivity index (χ0n) is 7.24. The van der Waals surface area contributed by atoms with Gasteiger partial charge in [-0.1, -0.05) is 0 Å². The van der Waals surface area contributed by atoms with E-state index in [4.69, 9.17) is 11.0 Å². The van der Waals surface area contributed by atoms with E-state index < -0.39 is 0 Å². The van der Waals surface area contributed by atoms with Gasteiger partial charge in [0.1, 0.15) is 0 Å². The number of hydrogen-bond donors (Lipinski definition) is 1. The normalized spacial score (nSPS) is 12.4. The Morgan fingerprint density at radius 3 is 2.92 bits per heavy atom. The lowest BCUT2D eigenvalue weighted by atomic mass is 10.2. The highest BCUT2D eigenvalue weighted by atomic mass is 79.9. The molecule has 1 atom stereocenters. The van der Waals surface area contributed by atoms with Gasteiger partial charge < -0.3 is 5.73 Å². The van der Waals surface area contributed by atoms with Crippen LogP contribution in [0.1, 0.15) is 25.8 Å². The zero-order valence-corrected chi connectivity index (χ0v) is 8.82. The van der Waals surface area contributed by atoms with Crippen LogP contribution in [0.2, 0.25) is 0 Å². The quantitative estimate of drug-likeness (QED) is 0.873. The van der Waals surface area contributed by atoms with Gasteiger partial charge in [-0.3, -0.25) is 0 Å². The third kappa shape index (κ3) is 2.42. The molecule has 0 amide bonds. The maximum absolute atomic E-state index is 8.40. The molecule has 6 heteroatoms. The number of rotatable bonds is 3. The van der Waals surface area contributed by atoms with Crippen molar-refractivity contribution in [2.24, 2.45) is 0 Å². The smallest absolute Gasteiger partial charge is 0.240 e. The topological polar surface area (TPSA) is 80.5 Å². The standard InChI is InChI=1S/C7H10BrN5/c1-5(3-2-4-9)13-6(8)11-7(10)12-13/h5H,2-3H2,1H3,(H2,10,12). The minimum absolute atomic E-state index is 0.138. The first kappa shape index (κ1) is 9.99. The third-order valence-corrected chi connectivity index (χ3v) is 2.24. The first-order valence-corrected chi connectivity index (χ1v) is 4.69. The van der Waals surface area contributed by atoms with Gasteiger partial charge in [0.25, 0.3) is 0 Å². The molecule has 0 aliphatic carbocycles. The molecule has 1 aromatic rings. The minimum atomic E-state index is 0.138. The molecule has 1 aromatic heterocycles. The fourth-order valence-electron chi connectivity index (χ4n) is 0.996. The summed E-state index contributed by atoms with van der Waals surface area (Å²) in [5.74, 6) is 0.246. The summed E-state index contributed by atoms with van der Waals surface area (Å²) in [6.07, 6.45) is 1.26. The van der Waals surface area contributed by atoms with E-state index in [9.17, 15) is 0 Å². The van der Waals surface area contributed by atoms with Crippen molar-refractivity contribution in [1.82, 2.24) is 14.8 Å². The van der Waals surface area contributed by atoms with Gasteiger partial charge in [-0.05, 0) is 29.3 Å². The molecule has 5 nitrogen and oxygen atoms in total. The molecule has 0 bridgehead atoms. The van der Waals surface area contributed by atoms with E-state index in [1.54, 1.807) is 4.68 Å². The highest BCUT2D eigenvalue weighted by molar-refractivity contribution is 9.10. The Morgan fingerprint density at radius 2 is 2.46 bits per heavy atom. The number of anilines is 1. The Morgan fingerprint density at radius 1 is 1.77 bits per heavy atom. The van der Waals surface area contributed by atoms with Crippen molar-refractivity contribution < 1.29 is 0 Å². The predicted molar refractivity (Wildman–Crippen MR) is 51.7 cm³/mol. The first-order valence-electron chi connectivity index (χ1n) is 3.89. The van der Waals surface area contributed by atoms with Crippen LogP contribution in [-0.2, 0) is 0 Å². The van der Waals surface area contributed by atoms with Crippen LogP contribution < -0.4 is 5.73 Å². The van der Waals surface area contributed by atoms with Crippen LogP contribution in [0.5, 0.6) is 0 Å². The van der Waals surface area contributed by atoms with Crippen molar-refractivity contribution in [2.75, 3.05) is 5.73 Å². The van der Waals surface area contributed by atoms with Gasteiger partial charge in [0.05, 0.1) is 12.1 Å². The highest BCUT2D eigenvalue weighted by Crippen LogP contribution is 2.18. The summed E-state index contributed by atoms with van der Waals surface area (Å²) in [6, 6.07) is 2.22. The maximum atomic E-state index is 8.40. The van der Waals surface area contributed by atoms with Crippen LogP contribution in [0, 0.1) is 11.3 Å². The molecule has 13 heavy (non-hydrogen) atoms. The number of nitrogens with zero attached hydrogens (tertiary/aromatic N) is 4. The minimum Gasteiger partial charge on any atom is -0.366 e. The van der Waals surface area contributed by atoms with Crippen LogP contribution >= 0.6 is 15.9 Å². The van der Waals surface area contributed by atoms with Gasteiger partial charge in [-0.2, -0.15) is 10.2 Å². The van der Waals surface area contributed by atoms with Gasteiger partial charge in [-0.25, -0.2) is 4.68 Å². The van der Waals surface area contributed by atoms with Gasteiger partial charge >= 0.3 is 0 Å². The number of nitrogen functional groups attached to an aromatic ring is 1. The Labute approximate surface area is 84.7 Å². The fourth-order valence-corrected chi connectivity index (χ4v) is 1.61. The average molecular weight is 244 g/mol. The molecule has 0 saturated carbocycles. The van der Waals surface area contributed by atoms with Gasteiger partial charge in [0.15, 0.2) is 4.73 Å². The lowest BCUT2D eigenvalue weighted by Gasteiger charge is -2.09. The second-order valence-electron chi connectivity index (χ2n) is 2.73. The molecule has 0 saturated heterocycles. The van der Waals surface area contributed by atoms with Crippen LogP contribution in [0.3, 0.4) is 0 Å². The third-order valence-electron chi connectivity index (χ3n) is 1.70. The molecule has 2 N–H and O–H groups in total. The summed E-state index contributed by atoms with van der Waals surface area (Å²) in [7, 11) is 0. The lowest BCUT2D eigenvalue weighted by Crippen LogP contribution is -2.07. The average Bonchev–Trinajstić information content (AvgIpc) is 2.41. The number of nitriles is 1. The van der Waals surface area contributed by atoms with Crippen molar-refractivity contribution in [3.8, 4) is 6.07 Å². The van der Waals surface area contributed by atoms with Crippen LogP contribution in [0.4, 0.5) is 5.95 Å². The molecule has 0 spiro atoms. The molecule has 0 aliphatic heterocycles. The van der Waals surface area contributed by atoms with Gasteiger partial charge in [0, 0.05) is 6.42 Å². The summed E-state index contributed by atoms with van der Waals surface area (Å²) >= 11 is 3.24. The van der Waals surface area contributed by atoms with E-state index in [1.807, 2.05) is 6.92 Å². The largest absolute Gasteiger partial charge is 0.366 e. The summed E-state index contributed by atoms with van der Waals surface area (Å²) in [4.78, 5) is 3.90. The van der Waals surface area contributed by atoms with Gasteiger partial charge in [-0.15, -0.1) is 5.10 Å². The Balaban J connectivity index is 2.71. The molecular weight excluding hydrogens is 234 g/mol.